The summed E-state index contributed by atoms with van der Waals surface area (Å²) in [7, 11) is -2.72. The number of amides is 2. The summed E-state index contributed by atoms with van der Waals surface area (Å²) in [4.78, 5) is 39.2. The van der Waals surface area contributed by atoms with E-state index in [1.54, 1.807) is 56.5 Å². The molecule has 1 aliphatic rings. The number of ether oxygens (including phenoxy) is 1. The van der Waals surface area contributed by atoms with E-state index in [9.17, 15) is 28.1 Å². The molecule has 11 nitrogen and oxygen atoms in total. The lowest BCUT2D eigenvalue weighted by Crippen LogP contribution is -2.52. The van der Waals surface area contributed by atoms with Crippen LogP contribution in [0.2, 0.25) is 0 Å². The number of nitrogens with one attached hydrogen (secondary N) is 1. The molecule has 1 fully saturated rings. The smallest absolute Gasteiger partial charge is 0.269 e. The normalized spacial score (nSPS) is 14.1. The van der Waals surface area contributed by atoms with Crippen molar-refractivity contribution in [2.45, 2.75) is 56.1 Å². The van der Waals surface area contributed by atoms with Gasteiger partial charge in [-0.15, -0.1) is 0 Å². The van der Waals surface area contributed by atoms with Gasteiger partial charge in [-0.1, -0.05) is 43.2 Å². The van der Waals surface area contributed by atoms with Gasteiger partial charge < -0.3 is 15.0 Å². The molecule has 0 heterocycles. The maximum atomic E-state index is 14.0. The third-order valence-electron chi connectivity index (χ3n) is 7.34. The number of hydrogen-bond donors (Lipinski definition) is 1. The van der Waals surface area contributed by atoms with Crippen molar-refractivity contribution in [1.82, 2.24) is 10.2 Å². The van der Waals surface area contributed by atoms with Crippen LogP contribution >= 0.6 is 0 Å². The second kappa shape index (κ2) is 13.5. The monoisotopic (exact) mass is 594 g/mol. The molecule has 4 rings (SSSR count). The second-order valence-electron chi connectivity index (χ2n) is 10.1. The number of non-ortho nitro benzene ring substituents is 1. The van der Waals surface area contributed by atoms with Crippen molar-refractivity contribution < 1.29 is 27.7 Å². The van der Waals surface area contributed by atoms with Crippen molar-refractivity contribution in [2.75, 3.05) is 18.0 Å². The Bertz CT molecular complexity index is 1490. The van der Waals surface area contributed by atoms with Crippen LogP contribution in [0.15, 0.2) is 83.8 Å². The summed E-state index contributed by atoms with van der Waals surface area (Å²) in [6.45, 7) is 1.03. The van der Waals surface area contributed by atoms with Crippen molar-refractivity contribution in [3.05, 3.63) is 94.5 Å². The predicted octanol–water partition coefficient (Wildman–Crippen LogP) is 4.27. The highest BCUT2D eigenvalue weighted by Crippen LogP contribution is 2.27. The molecular formula is C30H34N4O7S. The highest BCUT2D eigenvalue weighted by Gasteiger charge is 2.33. The maximum Gasteiger partial charge on any atom is 0.269 e. The van der Waals surface area contributed by atoms with Crippen molar-refractivity contribution in [2.24, 2.45) is 0 Å². The van der Waals surface area contributed by atoms with Gasteiger partial charge in [0.2, 0.25) is 11.8 Å². The highest BCUT2D eigenvalue weighted by atomic mass is 32.2. The minimum atomic E-state index is -4.26. The molecule has 12 heteroatoms. The summed E-state index contributed by atoms with van der Waals surface area (Å²) in [6.07, 6.45) is 3.78. The van der Waals surface area contributed by atoms with Gasteiger partial charge in [0, 0.05) is 24.7 Å². The SMILES string of the molecule is COc1ccc(CN(C(=O)CN(c2ccc([N+](=O)[O-])cc2)S(=O)(=O)c2ccccc2)C(C)C(=O)NC2CCCC2)cc1. The number of nitrogens with zero attached hydrogens (tertiary/aromatic N) is 3. The first-order chi connectivity index (χ1) is 20.1. The van der Waals surface area contributed by atoms with Crippen LogP contribution in [0, 0.1) is 10.1 Å². The number of rotatable bonds is 12. The molecule has 3 aromatic carbocycles. The number of carbonyl (C=O) groups excluding carboxylic acids is 2. The molecule has 42 heavy (non-hydrogen) atoms. The van der Waals surface area contributed by atoms with Crippen LogP contribution in [0.3, 0.4) is 0 Å². The second-order valence-corrected chi connectivity index (χ2v) is 12.0. The summed E-state index contributed by atoms with van der Waals surface area (Å²) >= 11 is 0. The molecule has 222 valence electrons. The van der Waals surface area contributed by atoms with Gasteiger partial charge in [-0.05, 0) is 61.7 Å². The number of hydrogen-bond acceptors (Lipinski definition) is 7. The van der Waals surface area contributed by atoms with Crippen molar-refractivity contribution in [1.29, 1.82) is 0 Å². The first-order valence-corrected chi connectivity index (χ1v) is 15.1. The number of benzene rings is 3. The van der Waals surface area contributed by atoms with Crippen molar-refractivity contribution in [3.8, 4) is 5.75 Å². The molecule has 3 aromatic rings. The fourth-order valence-electron chi connectivity index (χ4n) is 4.89. The molecule has 1 N–H and O–H groups in total. The van der Waals surface area contributed by atoms with Crippen LogP contribution in [0.25, 0.3) is 0 Å². The van der Waals surface area contributed by atoms with E-state index in [1.165, 1.54) is 41.3 Å². The number of methoxy groups -OCH3 is 1. The van der Waals surface area contributed by atoms with Crippen molar-refractivity contribution in [3.63, 3.8) is 0 Å². The van der Waals surface area contributed by atoms with E-state index in [1.807, 2.05) is 0 Å². The molecule has 0 spiro atoms. The molecule has 0 saturated heterocycles. The summed E-state index contributed by atoms with van der Waals surface area (Å²) in [5, 5.41) is 14.2. The Morgan fingerprint density at radius 2 is 1.62 bits per heavy atom. The molecule has 2 amide bonds. The van der Waals surface area contributed by atoms with Gasteiger partial charge in [0.05, 0.1) is 22.6 Å². The van der Waals surface area contributed by atoms with Gasteiger partial charge >= 0.3 is 0 Å². The quantitative estimate of drug-likeness (QED) is 0.244. The minimum absolute atomic E-state index is 0.0351. The fraction of sp³-hybridized carbons (Fsp3) is 0.333. The van der Waals surface area contributed by atoms with E-state index in [2.05, 4.69) is 5.32 Å². The standard InChI is InChI=1S/C30H34N4O7S/c1-22(30(36)31-24-8-6-7-9-24)32(20-23-12-18-27(41-2)19-13-23)29(35)21-33(25-14-16-26(17-15-25)34(37)38)42(39,40)28-10-4-3-5-11-28/h3-5,10-19,22,24H,6-9,20-21H2,1-2H3,(H,31,36). The molecule has 1 atom stereocenters. The van der Waals surface area contributed by atoms with E-state index in [-0.39, 0.29) is 34.8 Å². The molecular weight excluding hydrogens is 560 g/mol. The number of nitro benzene ring substituents is 1. The first-order valence-electron chi connectivity index (χ1n) is 13.6. The van der Waals surface area contributed by atoms with Crippen molar-refractivity contribution >= 4 is 33.2 Å². The first kappa shape index (κ1) is 30.5. The maximum absolute atomic E-state index is 14.0. The van der Waals surface area contributed by atoms with E-state index >= 15 is 0 Å². The lowest BCUT2D eigenvalue weighted by atomic mass is 10.1. The predicted molar refractivity (Wildman–Crippen MR) is 157 cm³/mol. The Hall–Kier alpha value is -4.45. The largest absolute Gasteiger partial charge is 0.497 e. The molecule has 0 bridgehead atoms. The highest BCUT2D eigenvalue weighted by molar-refractivity contribution is 7.92. The van der Waals surface area contributed by atoms with Gasteiger partial charge in [0.1, 0.15) is 18.3 Å². The average Bonchev–Trinajstić information content (AvgIpc) is 3.52. The van der Waals surface area contributed by atoms with Gasteiger partial charge in [-0.2, -0.15) is 0 Å². The number of anilines is 1. The molecule has 1 aliphatic carbocycles. The van der Waals surface area contributed by atoms with E-state index < -0.39 is 33.4 Å². The molecule has 0 aromatic heterocycles. The summed E-state index contributed by atoms with van der Waals surface area (Å²) in [6, 6.07) is 18.7. The Morgan fingerprint density at radius 1 is 1.00 bits per heavy atom. The van der Waals surface area contributed by atoms with Gasteiger partial charge in [0.25, 0.3) is 15.7 Å². The van der Waals surface area contributed by atoms with Gasteiger partial charge in [-0.25, -0.2) is 8.42 Å². The van der Waals surface area contributed by atoms with Crippen LogP contribution in [0.4, 0.5) is 11.4 Å². The van der Waals surface area contributed by atoms with Crippen LogP contribution in [-0.4, -0.2) is 55.8 Å². The topological polar surface area (TPSA) is 139 Å². The Balaban J connectivity index is 1.68. The van der Waals surface area contributed by atoms with Crippen LogP contribution in [0.5, 0.6) is 5.75 Å². The van der Waals surface area contributed by atoms with Crippen LogP contribution in [0.1, 0.15) is 38.2 Å². The third-order valence-corrected chi connectivity index (χ3v) is 9.13. The molecule has 1 unspecified atom stereocenters. The van der Waals surface area contributed by atoms with E-state index in [0.29, 0.717) is 5.75 Å². The van der Waals surface area contributed by atoms with E-state index in [4.69, 9.17) is 4.74 Å². The lowest BCUT2D eigenvalue weighted by molar-refractivity contribution is -0.384. The van der Waals surface area contributed by atoms with E-state index in [0.717, 1.165) is 35.6 Å². The molecule has 0 radical (unpaired) electrons. The van der Waals surface area contributed by atoms with Gasteiger partial charge in [-0.3, -0.25) is 24.0 Å². The zero-order valence-electron chi connectivity index (χ0n) is 23.5. The van der Waals surface area contributed by atoms with Crippen LogP contribution < -0.4 is 14.4 Å². The average molecular weight is 595 g/mol. The lowest BCUT2D eigenvalue weighted by Gasteiger charge is -2.32. The zero-order valence-corrected chi connectivity index (χ0v) is 24.3. The summed E-state index contributed by atoms with van der Waals surface area (Å²) in [5.74, 6) is -0.309. The number of carbonyl (C=O) groups is 2. The Kier molecular flexibility index (Phi) is 9.79. The summed E-state index contributed by atoms with van der Waals surface area (Å²) < 4.78 is 33.7. The third kappa shape index (κ3) is 7.24. The fourth-order valence-corrected chi connectivity index (χ4v) is 6.33. The zero-order chi connectivity index (χ0) is 30.3. The summed E-state index contributed by atoms with van der Waals surface area (Å²) in [5.41, 5.74) is 0.572. The van der Waals surface area contributed by atoms with Gasteiger partial charge in [0.15, 0.2) is 0 Å². The number of nitro groups is 1. The Morgan fingerprint density at radius 3 is 2.19 bits per heavy atom. The minimum Gasteiger partial charge on any atom is -0.497 e. The Labute approximate surface area is 245 Å². The molecule has 1 saturated carbocycles. The molecule has 0 aliphatic heterocycles. The van der Waals surface area contributed by atoms with Crippen LogP contribution in [-0.2, 0) is 26.2 Å². The number of sulfonamides is 1.